The molecule has 0 amide bonds. The van der Waals surface area contributed by atoms with Crippen LogP contribution >= 0.6 is 0 Å². The number of unbranched alkanes of at least 4 members (excludes halogenated alkanes) is 22. The molecule has 0 spiro atoms. The van der Waals surface area contributed by atoms with E-state index in [1.54, 1.807) is 0 Å². The molecule has 0 aliphatic carbocycles. The van der Waals surface area contributed by atoms with E-state index in [1.165, 1.54) is 135 Å². The molecule has 0 aromatic rings. The van der Waals surface area contributed by atoms with Gasteiger partial charge in [0.05, 0.1) is 27.7 Å². The Labute approximate surface area is 334 Å². The second kappa shape index (κ2) is 39.5. The molecule has 0 N–H and O–H groups in total. The summed E-state index contributed by atoms with van der Waals surface area (Å²) in [5.74, 6) is -0.350. The molecule has 0 fully saturated rings. The van der Waals surface area contributed by atoms with Crippen LogP contribution in [0.25, 0.3) is 0 Å². The summed E-state index contributed by atoms with van der Waals surface area (Å²) in [5, 5.41) is 0. The quantitative estimate of drug-likeness (QED) is 0.0152. The number of rotatable bonds is 37. The van der Waals surface area contributed by atoms with Gasteiger partial charge in [-0.3, -0.25) is 13.8 Å². The van der Waals surface area contributed by atoms with Gasteiger partial charge in [0.25, 0.3) is 0 Å². The number of ether oxygens (including phenoxy) is 2. The van der Waals surface area contributed by atoms with Crippen molar-refractivity contribution in [2.45, 2.75) is 207 Å². The molecule has 9 nitrogen and oxygen atoms in total. The maximum absolute atomic E-state index is 12.6. The first-order chi connectivity index (χ1) is 25.8. The monoisotopic (exact) mass is 788 g/mol. The zero-order valence-electron chi connectivity index (χ0n) is 35.9. The zero-order valence-corrected chi connectivity index (χ0v) is 36.7. The number of allylic oxidation sites excluding steroid dienone is 4. The lowest BCUT2D eigenvalue weighted by Crippen LogP contribution is -2.45. The SMILES string of the molecule is CCCCCCCC/C=C\CCCCCCCC(=O)OCC(C[N+](C)(C)C)OC(=O)CCCCCCC/C=C\CCCCCCCC.CCOS(=O)(=O)[O-]. The van der Waals surface area contributed by atoms with Crippen molar-refractivity contribution in [3.8, 4) is 0 Å². The van der Waals surface area contributed by atoms with Crippen molar-refractivity contribution >= 4 is 22.3 Å². The lowest BCUT2D eigenvalue weighted by atomic mass is 10.1. The fraction of sp³-hybridized carbons (Fsp3) is 0.864. The molecule has 0 saturated carbocycles. The van der Waals surface area contributed by atoms with E-state index in [-0.39, 0.29) is 25.2 Å². The van der Waals surface area contributed by atoms with Crippen LogP contribution in [0.15, 0.2) is 24.3 Å². The van der Waals surface area contributed by atoms with E-state index in [4.69, 9.17) is 9.47 Å². The molecule has 1 unspecified atom stereocenters. The van der Waals surface area contributed by atoms with Crippen LogP contribution in [-0.2, 0) is 33.6 Å². The summed E-state index contributed by atoms with van der Waals surface area (Å²) >= 11 is 0. The van der Waals surface area contributed by atoms with Gasteiger partial charge in [0.15, 0.2) is 6.10 Å². The third-order valence-corrected chi connectivity index (χ3v) is 9.55. The summed E-state index contributed by atoms with van der Waals surface area (Å²) in [5.41, 5.74) is 0. The minimum absolute atomic E-state index is 0.0914. The molecule has 0 bridgehead atoms. The van der Waals surface area contributed by atoms with Gasteiger partial charge in [-0.05, 0) is 71.1 Å². The summed E-state index contributed by atoms with van der Waals surface area (Å²) in [6.45, 7) is 6.64. The van der Waals surface area contributed by atoms with Gasteiger partial charge in [-0.25, -0.2) is 8.42 Å². The van der Waals surface area contributed by atoms with Crippen molar-refractivity contribution in [1.29, 1.82) is 0 Å². The Morgan fingerprint density at radius 1 is 0.556 bits per heavy atom. The third kappa shape index (κ3) is 48.3. The fourth-order valence-corrected chi connectivity index (χ4v) is 6.35. The Morgan fingerprint density at radius 2 is 0.907 bits per heavy atom. The molecule has 0 aromatic heterocycles. The largest absolute Gasteiger partial charge is 0.726 e. The van der Waals surface area contributed by atoms with Crippen molar-refractivity contribution in [1.82, 2.24) is 0 Å². The number of likely N-dealkylation sites (N-methyl/N-ethyl adjacent to an activating group) is 1. The highest BCUT2D eigenvalue weighted by Gasteiger charge is 2.23. The Balaban J connectivity index is 0. The highest BCUT2D eigenvalue weighted by molar-refractivity contribution is 7.80. The van der Waals surface area contributed by atoms with E-state index >= 15 is 0 Å². The van der Waals surface area contributed by atoms with E-state index in [9.17, 15) is 22.6 Å². The molecule has 0 aliphatic rings. The van der Waals surface area contributed by atoms with Crippen molar-refractivity contribution < 1.29 is 40.7 Å². The van der Waals surface area contributed by atoms with Gasteiger partial charge in [0.1, 0.15) is 13.2 Å². The molecule has 0 aromatic carbocycles. The van der Waals surface area contributed by atoms with Crippen LogP contribution in [0.4, 0.5) is 0 Å². The molecule has 0 heterocycles. The molecule has 1 atom stereocenters. The summed E-state index contributed by atoms with van der Waals surface area (Å²) in [6.07, 6.45) is 42.1. The predicted molar refractivity (Wildman–Crippen MR) is 224 cm³/mol. The van der Waals surface area contributed by atoms with Crippen LogP contribution < -0.4 is 0 Å². The van der Waals surface area contributed by atoms with Crippen LogP contribution in [0.1, 0.15) is 201 Å². The minimum Gasteiger partial charge on any atom is -0.726 e. The topological polar surface area (TPSA) is 119 Å². The first-order valence-corrected chi connectivity index (χ1v) is 23.2. The molecule has 10 heteroatoms. The van der Waals surface area contributed by atoms with Gasteiger partial charge in [-0.2, -0.15) is 0 Å². The Morgan fingerprint density at radius 3 is 1.24 bits per heavy atom. The van der Waals surface area contributed by atoms with Gasteiger partial charge in [-0.15, -0.1) is 0 Å². The molecule has 0 radical (unpaired) electrons. The number of quaternary nitrogens is 1. The van der Waals surface area contributed by atoms with Crippen LogP contribution in [0.5, 0.6) is 0 Å². The van der Waals surface area contributed by atoms with Gasteiger partial charge < -0.3 is 18.5 Å². The molecular weight excluding hydrogens is 703 g/mol. The number of carbonyl (C=O) groups is 2. The molecule has 0 aliphatic heterocycles. The molecule has 0 rings (SSSR count). The maximum Gasteiger partial charge on any atom is 0.306 e. The molecule has 54 heavy (non-hydrogen) atoms. The average Bonchev–Trinajstić information content (AvgIpc) is 3.09. The van der Waals surface area contributed by atoms with E-state index in [0.717, 1.165) is 38.5 Å². The van der Waals surface area contributed by atoms with Crippen LogP contribution in [0, 0.1) is 0 Å². The average molecular weight is 788 g/mol. The summed E-state index contributed by atoms with van der Waals surface area (Å²) < 4.78 is 44.0. The first kappa shape index (κ1) is 54.4. The zero-order chi connectivity index (χ0) is 40.6. The number of esters is 2. The standard InChI is InChI=1S/C42H80NO4.C2H6O4S/c1-6-8-10-12-14-16-18-20-22-24-26-28-30-32-34-36-41(44)46-39-40(38-43(3,4)5)47-42(45)37-35-33-31-29-27-25-23-21-19-17-15-13-11-9-7-2;1-2-6-7(3,4)5/h20-23,40H,6-19,24-39H2,1-5H3;2H2,1H3,(H,3,4,5)/q+1;/p-1/b22-20-,23-21-;. The van der Waals surface area contributed by atoms with E-state index < -0.39 is 16.5 Å². The third-order valence-electron chi connectivity index (χ3n) is 9.03. The predicted octanol–water partition coefficient (Wildman–Crippen LogP) is 11.7. The van der Waals surface area contributed by atoms with Crippen molar-refractivity contribution in [3.05, 3.63) is 24.3 Å². The molecular formula is C44H85NO8S. The minimum atomic E-state index is -4.42. The van der Waals surface area contributed by atoms with Crippen molar-refractivity contribution in [2.75, 3.05) is 40.9 Å². The lowest BCUT2D eigenvalue weighted by molar-refractivity contribution is -0.873. The van der Waals surface area contributed by atoms with E-state index in [2.05, 4.69) is 63.5 Å². The van der Waals surface area contributed by atoms with Crippen LogP contribution in [0.3, 0.4) is 0 Å². The highest BCUT2D eigenvalue weighted by Crippen LogP contribution is 2.13. The number of hydrogen-bond acceptors (Lipinski definition) is 8. The van der Waals surface area contributed by atoms with Crippen molar-refractivity contribution in [2.24, 2.45) is 0 Å². The van der Waals surface area contributed by atoms with Gasteiger partial charge in [0, 0.05) is 12.8 Å². The van der Waals surface area contributed by atoms with Crippen LogP contribution in [-0.4, -0.2) is 76.4 Å². The first-order valence-electron chi connectivity index (χ1n) is 21.9. The maximum atomic E-state index is 12.6. The second-order valence-electron chi connectivity index (χ2n) is 15.8. The van der Waals surface area contributed by atoms with Gasteiger partial charge in [-0.1, -0.05) is 141 Å². The Kier molecular flexibility index (Phi) is 39.7. The molecule has 320 valence electrons. The second-order valence-corrected chi connectivity index (χ2v) is 16.8. The normalized spacial score (nSPS) is 12.6. The van der Waals surface area contributed by atoms with E-state index in [1.807, 2.05) is 0 Å². The van der Waals surface area contributed by atoms with Gasteiger partial charge in [0.2, 0.25) is 10.4 Å². The van der Waals surface area contributed by atoms with Crippen molar-refractivity contribution in [3.63, 3.8) is 0 Å². The Bertz CT molecular complexity index is 1010. The van der Waals surface area contributed by atoms with Gasteiger partial charge >= 0.3 is 11.9 Å². The fourth-order valence-electron chi connectivity index (χ4n) is 6.06. The number of nitrogens with zero attached hydrogens (tertiary/aromatic N) is 1. The van der Waals surface area contributed by atoms with Crippen LogP contribution in [0.2, 0.25) is 0 Å². The number of hydrogen-bond donors (Lipinski definition) is 0. The lowest BCUT2D eigenvalue weighted by Gasteiger charge is -2.28. The summed E-state index contributed by atoms with van der Waals surface area (Å²) in [4.78, 5) is 24.9. The Hall–Kier alpha value is -1.75. The summed E-state index contributed by atoms with van der Waals surface area (Å²) in [6, 6.07) is 0. The highest BCUT2D eigenvalue weighted by atomic mass is 32.3. The van der Waals surface area contributed by atoms with E-state index in [0.29, 0.717) is 23.9 Å². The molecule has 0 saturated heterocycles. The smallest absolute Gasteiger partial charge is 0.306 e. The number of carbonyl (C=O) groups excluding carboxylic acids is 2. The summed E-state index contributed by atoms with van der Waals surface area (Å²) in [7, 11) is 1.78.